The van der Waals surface area contributed by atoms with E-state index in [-0.39, 0.29) is 18.0 Å². The Labute approximate surface area is 120 Å². The third kappa shape index (κ3) is 3.06. The van der Waals surface area contributed by atoms with Gasteiger partial charge in [-0.1, -0.05) is 6.42 Å². The summed E-state index contributed by atoms with van der Waals surface area (Å²) in [5.74, 6) is -0.358. The zero-order chi connectivity index (χ0) is 14.9. The van der Waals surface area contributed by atoms with Gasteiger partial charge in [0.15, 0.2) is 0 Å². The summed E-state index contributed by atoms with van der Waals surface area (Å²) in [4.78, 5) is 27.3. The number of nitrogens with one attached hydrogen (secondary N) is 1. The van der Waals surface area contributed by atoms with Crippen LogP contribution in [0.5, 0.6) is 0 Å². The first kappa shape index (κ1) is 15.1. The Morgan fingerprint density at radius 1 is 1.40 bits per heavy atom. The Morgan fingerprint density at radius 3 is 2.70 bits per heavy atom. The third-order valence-corrected chi connectivity index (χ3v) is 4.41. The number of nitrogens with zero attached hydrogens (tertiary/aromatic N) is 2. The van der Waals surface area contributed by atoms with Crippen LogP contribution in [0.1, 0.15) is 26.2 Å². The summed E-state index contributed by atoms with van der Waals surface area (Å²) >= 11 is 0. The van der Waals surface area contributed by atoms with Gasteiger partial charge in [0, 0.05) is 19.1 Å². The van der Waals surface area contributed by atoms with Gasteiger partial charge in [0.2, 0.25) is 0 Å². The van der Waals surface area contributed by atoms with Crippen molar-refractivity contribution in [2.75, 3.05) is 27.2 Å². The molecule has 1 saturated heterocycles. The van der Waals surface area contributed by atoms with Gasteiger partial charge < -0.3 is 20.2 Å². The lowest BCUT2D eigenvalue weighted by atomic mass is 9.94. The van der Waals surface area contributed by atoms with Crippen molar-refractivity contribution in [3.05, 3.63) is 0 Å². The lowest BCUT2D eigenvalue weighted by Crippen LogP contribution is -2.51. The van der Waals surface area contributed by atoms with Crippen molar-refractivity contribution in [1.29, 1.82) is 0 Å². The minimum atomic E-state index is -0.866. The fourth-order valence-electron chi connectivity index (χ4n) is 3.72. The number of carbonyl (C=O) groups is 2. The molecule has 2 N–H and O–H groups in total. The molecular weight excluding hydrogens is 258 g/mol. The van der Waals surface area contributed by atoms with E-state index in [0.717, 1.165) is 25.8 Å². The van der Waals surface area contributed by atoms with Crippen LogP contribution in [0.25, 0.3) is 0 Å². The second-order valence-corrected chi connectivity index (χ2v) is 6.40. The first-order chi connectivity index (χ1) is 9.40. The number of likely N-dealkylation sites (tertiary alicyclic amines) is 1. The van der Waals surface area contributed by atoms with Crippen LogP contribution in [0.3, 0.4) is 0 Å². The van der Waals surface area contributed by atoms with Crippen molar-refractivity contribution in [1.82, 2.24) is 15.1 Å². The number of urea groups is 1. The molecule has 2 amide bonds. The van der Waals surface area contributed by atoms with Crippen LogP contribution in [-0.2, 0) is 4.79 Å². The summed E-state index contributed by atoms with van der Waals surface area (Å²) in [6, 6.07) is -0.873. The molecular formula is C14H25N3O3. The quantitative estimate of drug-likeness (QED) is 0.801. The number of hydrogen-bond acceptors (Lipinski definition) is 3. The molecule has 0 radical (unpaired) electrons. The zero-order valence-electron chi connectivity index (χ0n) is 12.5. The third-order valence-electron chi connectivity index (χ3n) is 4.41. The largest absolute Gasteiger partial charge is 0.480 e. The van der Waals surface area contributed by atoms with E-state index in [0.29, 0.717) is 12.5 Å². The van der Waals surface area contributed by atoms with Gasteiger partial charge in [0.1, 0.15) is 6.04 Å². The number of carbonyl (C=O) groups excluding carboxylic acids is 1. The molecule has 114 valence electrons. The number of aliphatic carboxylic acids is 1. The molecule has 20 heavy (non-hydrogen) atoms. The summed E-state index contributed by atoms with van der Waals surface area (Å²) in [5.41, 5.74) is 0. The number of rotatable bonds is 4. The van der Waals surface area contributed by atoms with E-state index < -0.39 is 12.0 Å². The fourth-order valence-corrected chi connectivity index (χ4v) is 3.72. The monoisotopic (exact) mass is 283 g/mol. The van der Waals surface area contributed by atoms with Gasteiger partial charge in [-0.2, -0.15) is 0 Å². The van der Waals surface area contributed by atoms with Crippen LogP contribution >= 0.6 is 0 Å². The van der Waals surface area contributed by atoms with E-state index in [9.17, 15) is 14.7 Å². The SMILES string of the molecule is CC(CN(C)C)NC(=O)N1CC2CCCC2C1C(=O)O. The summed E-state index contributed by atoms with van der Waals surface area (Å²) in [6.07, 6.45) is 3.07. The van der Waals surface area contributed by atoms with Crippen LogP contribution < -0.4 is 5.32 Å². The van der Waals surface area contributed by atoms with Gasteiger partial charge >= 0.3 is 12.0 Å². The Hall–Kier alpha value is -1.30. The molecule has 1 aliphatic carbocycles. The van der Waals surface area contributed by atoms with Crippen LogP contribution in [0.15, 0.2) is 0 Å². The smallest absolute Gasteiger partial charge is 0.326 e. The highest BCUT2D eigenvalue weighted by atomic mass is 16.4. The lowest BCUT2D eigenvalue weighted by molar-refractivity contribution is -0.142. The molecule has 0 aromatic heterocycles. The van der Waals surface area contributed by atoms with Crippen LogP contribution in [0.2, 0.25) is 0 Å². The molecule has 1 aliphatic heterocycles. The lowest BCUT2D eigenvalue weighted by Gasteiger charge is -2.27. The number of carboxylic acids is 1. The molecule has 0 spiro atoms. The van der Waals surface area contributed by atoms with Crippen molar-refractivity contribution in [2.24, 2.45) is 11.8 Å². The van der Waals surface area contributed by atoms with Crippen molar-refractivity contribution in [3.8, 4) is 0 Å². The van der Waals surface area contributed by atoms with Crippen molar-refractivity contribution >= 4 is 12.0 Å². The summed E-state index contributed by atoms with van der Waals surface area (Å²) in [6.45, 7) is 3.26. The summed E-state index contributed by atoms with van der Waals surface area (Å²) < 4.78 is 0. The Bertz CT molecular complexity index is 386. The van der Waals surface area contributed by atoms with Crippen LogP contribution in [0, 0.1) is 11.8 Å². The van der Waals surface area contributed by atoms with Gasteiger partial charge in [-0.05, 0) is 45.7 Å². The van der Waals surface area contributed by atoms with Gasteiger partial charge in [-0.25, -0.2) is 9.59 Å². The predicted octanol–water partition coefficient (Wildman–Crippen LogP) is 0.831. The van der Waals surface area contributed by atoms with Gasteiger partial charge in [-0.15, -0.1) is 0 Å². The van der Waals surface area contributed by atoms with Crippen molar-refractivity contribution < 1.29 is 14.7 Å². The Balaban J connectivity index is 2.00. The molecule has 4 atom stereocenters. The van der Waals surface area contributed by atoms with E-state index in [4.69, 9.17) is 0 Å². The minimum Gasteiger partial charge on any atom is -0.480 e. The molecule has 4 unspecified atom stereocenters. The molecule has 2 fully saturated rings. The molecule has 6 nitrogen and oxygen atoms in total. The van der Waals surface area contributed by atoms with Crippen molar-refractivity contribution in [3.63, 3.8) is 0 Å². The Kier molecular flexibility index (Phi) is 4.52. The van der Waals surface area contributed by atoms with Crippen molar-refractivity contribution in [2.45, 2.75) is 38.3 Å². The molecule has 2 rings (SSSR count). The standard InChI is InChI=1S/C14H25N3O3/c1-9(7-16(2)3)15-14(20)17-8-10-5-4-6-11(10)12(17)13(18)19/h9-12H,4-8H2,1-3H3,(H,15,20)(H,18,19). The molecule has 2 aliphatic rings. The number of amides is 2. The number of likely N-dealkylation sites (N-methyl/N-ethyl adjacent to an activating group) is 1. The molecule has 0 aromatic rings. The number of fused-ring (bicyclic) bond motifs is 1. The number of carboxylic acid groups (broad SMARTS) is 1. The molecule has 6 heteroatoms. The van der Waals surface area contributed by atoms with E-state index in [1.807, 2.05) is 25.9 Å². The van der Waals surface area contributed by atoms with Gasteiger partial charge in [-0.3, -0.25) is 0 Å². The molecule has 0 aromatic carbocycles. The summed E-state index contributed by atoms with van der Waals surface area (Å²) in [5, 5.41) is 12.3. The molecule has 0 bridgehead atoms. The van der Waals surface area contributed by atoms with E-state index in [1.165, 1.54) is 4.90 Å². The highest BCUT2D eigenvalue weighted by Crippen LogP contribution is 2.42. The second kappa shape index (κ2) is 5.99. The van der Waals surface area contributed by atoms with Crippen LogP contribution in [-0.4, -0.2) is 66.2 Å². The van der Waals surface area contributed by atoms with Gasteiger partial charge in [0.05, 0.1) is 0 Å². The average Bonchev–Trinajstić information content (AvgIpc) is 2.84. The normalized spacial score (nSPS) is 30.4. The number of hydrogen-bond donors (Lipinski definition) is 2. The maximum absolute atomic E-state index is 12.3. The van der Waals surface area contributed by atoms with E-state index in [1.54, 1.807) is 0 Å². The van der Waals surface area contributed by atoms with Crippen LogP contribution in [0.4, 0.5) is 4.79 Å². The second-order valence-electron chi connectivity index (χ2n) is 6.40. The fraction of sp³-hybridized carbons (Fsp3) is 0.857. The average molecular weight is 283 g/mol. The van der Waals surface area contributed by atoms with E-state index in [2.05, 4.69) is 5.32 Å². The predicted molar refractivity (Wildman–Crippen MR) is 75.5 cm³/mol. The zero-order valence-corrected chi connectivity index (χ0v) is 12.5. The summed E-state index contributed by atoms with van der Waals surface area (Å²) in [7, 11) is 3.89. The highest BCUT2D eigenvalue weighted by molar-refractivity contribution is 5.84. The molecule has 1 saturated carbocycles. The Morgan fingerprint density at radius 2 is 2.10 bits per heavy atom. The topological polar surface area (TPSA) is 72.9 Å². The maximum atomic E-state index is 12.3. The highest BCUT2D eigenvalue weighted by Gasteiger charge is 2.49. The first-order valence-electron chi connectivity index (χ1n) is 7.34. The van der Waals surface area contributed by atoms with E-state index >= 15 is 0 Å². The first-order valence-corrected chi connectivity index (χ1v) is 7.34. The minimum absolute atomic E-state index is 0.00684. The van der Waals surface area contributed by atoms with Gasteiger partial charge in [0.25, 0.3) is 0 Å². The maximum Gasteiger partial charge on any atom is 0.326 e. The molecule has 1 heterocycles.